The molecule has 1 rings (SSSR count). The van der Waals surface area contributed by atoms with Gasteiger partial charge in [-0.15, -0.1) is 0 Å². The summed E-state index contributed by atoms with van der Waals surface area (Å²) in [6, 6.07) is 7.01. The fourth-order valence-electron chi connectivity index (χ4n) is 2.72. The molecule has 0 aliphatic carbocycles. The van der Waals surface area contributed by atoms with Gasteiger partial charge in [-0.25, -0.2) is 0 Å². The first kappa shape index (κ1) is 17.2. The summed E-state index contributed by atoms with van der Waals surface area (Å²) in [5, 5.41) is 18.9. The summed E-state index contributed by atoms with van der Waals surface area (Å²) < 4.78 is 0. The molecule has 0 aromatic heterocycles. The molecular weight excluding hydrogens is 268 g/mol. The molecule has 0 aliphatic rings. The molecule has 0 radical (unpaired) electrons. The Morgan fingerprint density at radius 3 is 1.57 bits per heavy atom. The lowest BCUT2D eigenvalue weighted by Crippen LogP contribution is -2.35. The van der Waals surface area contributed by atoms with Crippen molar-refractivity contribution in [3.63, 3.8) is 0 Å². The Kier molecular flexibility index (Phi) is 5.15. The zero-order chi connectivity index (χ0) is 16.3. The smallest absolute Gasteiger partial charge is 0.314 e. The molecule has 0 saturated carbocycles. The van der Waals surface area contributed by atoms with Crippen molar-refractivity contribution in [3.05, 3.63) is 35.4 Å². The van der Waals surface area contributed by atoms with Gasteiger partial charge >= 0.3 is 11.9 Å². The number of carbonyl (C=O) groups is 2. The van der Waals surface area contributed by atoms with Crippen LogP contribution in [0.3, 0.4) is 0 Å². The molecule has 2 N–H and O–H groups in total. The van der Waals surface area contributed by atoms with E-state index in [2.05, 4.69) is 0 Å². The minimum absolute atomic E-state index is 0.479. The van der Waals surface area contributed by atoms with Crippen LogP contribution in [0.4, 0.5) is 0 Å². The molecule has 21 heavy (non-hydrogen) atoms. The monoisotopic (exact) mass is 292 g/mol. The van der Waals surface area contributed by atoms with Crippen LogP contribution in [0.5, 0.6) is 0 Å². The lowest BCUT2D eigenvalue weighted by molar-refractivity contribution is -0.145. The Hall–Kier alpha value is -1.84. The predicted molar refractivity (Wildman–Crippen MR) is 81.6 cm³/mol. The third kappa shape index (κ3) is 2.80. The van der Waals surface area contributed by atoms with Crippen molar-refractivity contribution in [3.8, 4) is 0 Å². The van der Waals surface area contributed by atoms with Gasteiger partial charge in [-0.2, -0.15) is 0 Å². The summed E-state index contributed by atoms with van der Waals surface area (Å²) >= 11 is 0. The van der Waals surface area contributed by atoms with E-state index in [9.17, 15) is 19.8 Å². The fourth-order valence-corrected chi connectivity index (χ4v) is 2.72. The van der Waals surface area contributed by atoms with Crippen LogP contribution in [-0.2, 0) is 20.4 Å². The number of hydrogen-bond donors (Lipinski definition) is 2. The Morgan fingerprint density at radius 1 is 0.857 bits per heavy atom. The number of hydrogen-bond acceptors (Lipinski definition) is 2. The number of aliphatic carboxylic acids is 2. The molecule has 1 aromatic carbocycles. The second-order valence-corrected chi connectivity index (χ2v) is 5.66. The summed E-state index contributed by atoms with van der Waals surface area (Å²) in [5.41, 5.74) is -0.409. The normalized spacial score (nSPS) is 14.5. The second kappa shape index (κ2) is 6.29. The highest BCUT2D eigenvalue weighted by Gasteiger charge is 2.38. The van der Waals surface area contributed by atoms with Gasteiger partial charge in [0.1, 0.15) is 0 Å². The Morgan fingerprint density at radius 2 is 1.29 bits per heavy atom. The highest BCUT2D eigenvalue weighted by atomic mass is 16.4. The summed E-state index contributed by atoms with van der Waals surface area (Å²) in [5.74, 6) is -1.70. The van der Waals surface area contributed by atoms with Crippen LogP contribution < -0.4 is 0 Å². The van der Waals surface area contributed by atoms with Crippen LogP contribution in [-0.4, -0.2) is 22.2 Å². The Bertz CT molecular complexity index is 514. The molecule has 0 fully saturated rings. The van der Waals surface area contributed by atoms with Crippen LogP contribution in [0.25, 0.3) is 0 Å². The second-order valence-electron chi connectivity index (χ2n) is 5.66. The van der Waals surface area contributed by atoms with E-state index in [1.54, 1.807) is 31.2 Å². The van der Waals surface area contributed by atoms with Gasteiger partial charge in [0.05, 0.1) is 10.8 Å². The average molecular weight is 292 g/mol. The summed E-state index contributed by atoms with van der Waals surface area (Å²) in [7, 11) is 0. The quantitative estimate of drug-likeness (QED) is 0.805. The average Bonchev–Trinajstić information content (AvgIpc) is 2.48. The van der Waals surface area contributed by atoms with Gasteiger partial charge in [-0.05, 0) is 37.3 Å². The summed E-state index contributed by atoms with van der Waals surface area (Å²) in [4.78, 5) is 23.1. The van der Waals surface area contributed by atoms with Gasteiger partial charge in [0.25, 0.3) is 0 Å². The summed E-state index contributed by atoms with van der Waals surface area (Å²) in [6.07, 6.45) is 1.48. The van der Waals surface area contributed by atoms with Crippen molar-refractivity contribution < 1.29 is 19.8 Å². The van der Waals surface area contributed by atoms with E-state index in [0.29, 0.717) is 24.8 Å². The maximum Gasteiger partial charge on any atom is 0.314 e. The van der Waals surface area contributed by atoms with Gasteiger partial charge in [0.2, 0.25) is 0 Å². The van der Waals surface area contributed by atoms with Crippen molar-refractivity contribution in [2.24, 2.45) is 0 Å². The van der Waals surface area contributed by atoms with Gasteiger partial charge in [-0.3, -0.25) is 9.59 Å². The third-order valence-corrected chi connectivity index (χ3v) is 4.87. The molecule has 0 spiro atoms. The summed E-state index contributed by atoms with van der Waals surface area (Å²) in [6.45, 7) is 7.24. The SMILES string of the molecule is CCC(C)(C(=O)O)c1ccc(C(CC)(CC)C(=O)O)cc1. The number of benzene rings is 1. The lowest BCUT2D eigenvalue weighted by Gasteiger charge is -2.29. The predicted octanol–water partition coefficient (Wildman–Crippen LogP) is 3.58. The van der Waals surface area contributed by atoms with Crippen LogP contribution >= 0.6 is 0 Å². The van der Waals surface area contributed by atoms with E-state index in [1.807, 2.05) is 20.8 Å². The third-order valence-electron chi connectivity index (χ3n) is 4.87. The van der Waals surface area contributed by atoms with Crippen molar-refractivity contribution in [2.75, 3.05) is 0 Å². The van der Waals surface area contributed by atoms with Crippen molar-refractivity contribution in [2.45, 2.75) is 57.8 Å². The maximum atomic E-state index is 11.6. The zero-order valence-electron chi connectivity index (χ0n) is 13.1. The molecule has 1 atom stereocenters. The number of rotatable bonds is 7. The van der Waals surface area contributed by atoms with Gasteiger partial charge in [0.15, 0.2) is 0 Å². The Balaban J connectivity index is 3.30. The molecule has 0 heterocycles. The zero-order valence-corrected chi connectivity index (χ0v) is 13.1. The maximum absolute atomic E-state index is 11.6. The van der Waals surface area contributed by atoms with Crippen molar-refractivity contribution in [1.82, 2.24) is 0 Å². The van der Waals surface area contributed by atoms with Crippen LogP contribution in [0, 0.1) is 0 Å². The molecule has 4 nitrogen and oxygen atoms in total. The minimum Gasteiger partial charge on any atom is -0.481 e. The van der Waals surface area contributed by atoms with Crippen LogP contribution in [0.1, 0.15) is 58.1 Å². The van der Waals surface area contributed by atoms with Gasteiger partial charge in [-0.1, -0.05) is 45.0 Å². The lowest BCUT2D eigenvalue weighted by atomic mass is 9.74. The van der Waals surface area contributed by atoms with E-state index < -0.39 is 22.8 Å². The number of carboxylic acids is 2. The molecule has 116 valence electrons. The van der Waals surface area contributed by atoms with E-state index >= 15 is 0 Å². The topological polar surface area (TPSA) is 74.6 Å². The largest absolute Gasteiger partial charge is 0.481 e. The van der Waals surface area contributed by atoms with E-state index in [-0.39, 0.29) is 0 Å². The molecule has 1 unspecified atom stereocenters. The van der Waals surface area contributed by atoms with Crippen LogP contribution in [0.15, 0.2) is 24.3 Å². The van der Waals surface area contributed by atoms with E-state index in [1.165, 1.54) is 0 Å². The van der Waals surface area contributed by atoms with Gasteiger partial charge < -0.3 is 10.2 Å². The molecule has 0 saturated heterocycles. The minimum atomic E-state index is -0.942. The standard InChI is InChI=1S/C17H24O4/c1-5-16(4,14(18)19)12-8-10-13(11-9-12)17(6-2,7-3)15(20)21/h8-11H,5-7H2,1-4H3,(H,18,19)(H,20,21). The van der Waals surface area contributed by atoms with Crippen molar-refractivity contribution in [1.29, 1.82) is 0 Å². The first-order valence-electron chi connectivity index (χ1n) is 7.36. The van der Waals surface area contributed by atoms with Crippen LogP contribution in [0.2, 0.25) is 0 Å². The molecule has 1 aromatic rings. The highest BCUT2D eigenvalue weighted by molar-refractivity contribution is 5.82. The highest BCUT2D eigenvalue weighted by Crippen LogP contribution is 2.34. The van der Waals surface area contributed by atoms with Crippen molar-refractivity contribution >= 4 is 11.9 Å². The fraction of sp³-hybridized carbons (Fsp3) is 0.529. The molecule has 0 bridgehead atoms. The molecule has 4 heteroatoms. The van der Waals surface area contributed by atoms with E-state index in [4.69, 9.17) is 0 Å². The molecular formula is C17H24O4. The molecule has 0 amide bonds. The van der Waals surface area contributed by atoms with Gasteiger partial charge in [0, 0.05) is 0 Å². The Labute approximate surface area is 125 Å². The molecule has 0 aliphatic heterocycles. The first-order chi connectivity index (χ1) is 9.78. The number of carboxylic acid groups (broad SMARTS) is 2. The van der Waals surface area contributed by atoms with E-state index in [0.717, 1.165) is 5.56 Å². The first-order valence-corrected chi connectivity index (χ1v) is 7.36.